The second-order valence-corrected chi connectivity index (χ2v) is 4.45. The Morgan fingerprint density at radius 1 is 1.33 bits per heavy atom. The molecule has 0 spiro atoms. The summed E-state index contributed by atoms with van der Waals surface area (Å²) in [6.45, 7) is 6.27. The number of carboxylic acid groups (broad SMARTS) is 1. The van der Waals surface area contributed by atoms with Crippen LogP contribution in [0.5, 0.6) is 0 Å². The first kappa shape index (κ1) is 14.5. The lowest BCUT2D eigenvalue weighted by Crippen LogP contribution is -2.18. The number of carbonyl (C=O) groups is 1. The van der Waals surface area contributed by atoms with E-state index in [1.54, 1.807) is 12.1 Å². The highest BCUT2D eigenvalue weighted by molar-refractivity contribution is 5.88. The molecule has 1 aromatic rings. The summed E-state index contributed by atoms with van der Waals surface area (Å²) >= 11 is 0. The minimum Gasteiger partial charge on any atom is -0.478 e. The summed E-state index contributed by atoms with van der Waals surface area (Å²) < 4.78 is 0. The molecule has 0 radical (unpaired) electrons. The molecule has 1 heterocycles. The third kappa shape index (κ3) is 4.02. The molecule has 100 valence electrons. The Balaban J connectivity index is 2.98. The van der Waals surface area contributed by atoms with Crippen molar-refractivity contribution < 1.29 is 9.90 Å². The van der Waals surface area contributed by atoms with Gasteiger partial charge in [-0.2, -0.15) is 0 Å². The van der Waals surface area contributed by atoms with Crippen LogP contribution < -0.4 is 5.32 Å². The number of aromatic carboxylic acids is 1. The van der Waals surface area contributed by atoms with Crippen LogP contribution in [-0.2, 0) is 6.42 Å². The van der Waals surface area contributed by atoms with Gasteiger partial charge in [0.2, 0.25) is 0 Å². The molecule has 0 atom stereocenters. The number of aryl methyl sites for hydroxylation is 1. The Labute approximate surface area is 108 Å². The fourth-order valence-corrected chi connectivity index (χ4v) is 1.87. The van der Waals surface area contributed by atoms with Gasteiger partial charge >= 0.3 is 5.97 Å². The number of carboxylic acids is 1. The zero-order chi connectivity index (χ0) is 13.5. The molecular formula is C14H22N2O2. The maximum atomic E-state index is 11.1. The van der Waals surface area contributed by atoms with Crippen molar-refractivity contribution in [2.24, 2.45) is 0 Å². The van der Waals surface area contributed by atoms with Gasteiger partial charge in [0.05, 0.1) is 5.56 Å². The van der Waals surface area contributed by atoms with E-state index in [2.05, 4.69) is 31.1 Å². The van der Waals surface area contributed by atoms with E-state index in [0.29, 0.717) is 17.4 Å². The standard InChI is InChI=1S/C14H22N2O2/c1-4-7-12-8-10(14(17)18)9-13(16-12)15-11(5-2)6-3/h8-9,11H,4-7H2,1-3H3,(H,15,16)(H,17,18). The molecular weight excluding hydrogens is 228 g/mol. The van der Waals surface area contributed by atoms with Crippen LogP contribution in [-0.4, -0.2) is 22.1 Å². The van der Waals surface area contributed by atoms with E-state index in [4.69, 9.17) is 5.11 Å². The Morgan fingerprint density at radius 3 is 2.50 bits per heavy atom. The van der Waals surface area contributed by atoms with Crippen molar-refractivity contribution in [1.82, 2.24) is 4.98 Å². The third-order valence-electron chi connectivity index (χ3n) is 2.97. The van der Waals surface area contributed by atoms with Crippen LogP contribution in [0.1, 0.15) is 56.1 Å². The molecule has 0 aliphatic carbocycles. The van der Waals surface area contributed by atoms with Gasteiger partial charge in [0, 0.05) is 11.7 Å². The summed E-state index contributed by atoms with van der Waals surface area (Å²) in [6.07, 6.45) is 3.76. The lowest BCUT2D eigenvalue weighted by Gasteiger charge is -2.16. The average Bonchev–Trinajstić information content (AvgIpc) is 2.36. The third-order valence-corrected chi connectivity index (χ3v) is 2.97. The summed E-state index contributed by atoms with van der Waals surface area (Å²) in [4.78, 5) is 15.5. The van der Waals surface area contributed by atoms with E-state index < -0.39 is 5.97 Å². The van der Waals surface area contributed by atoms with Crippen LogP contribution in [0.15, 0.2) is 12.1 Å². The van der Waals surface area contributed by atoms with Gasteiger partial charge in [-0.3, -0.25) is 0 Å². The van der Waals surface area contributed by atoms with Crippen molar-refractivity contribution in [3.05, 3.63) is 23.4 Å². The van der Waals surface area contributed by atoms with Crippen molar-refractivity contribution in [2.75, 3.05) is 5.32 Å². The van der Waals surface area contributed by atoms with Gasteiger partial charge in [0.1, 0.15) is 5.82 Å². The predicted octanol–water partition coefficient (Wildman–Crippen LogP) is 3.33. The zero-order valence-electron chi connectivity index (χ0n) is 11.4. The van der Waals surface area contributed by atoms with Crippen molar-refractivity contribution in [2.45, 2.75) is 52.5 Å². The quantitative estimate of drug-likeness (QED) is 0.779. The van der Waals surface area contributed by atoms with E-state index in [-0.39, 0.29) is 0 Å². The molecule has 0 aliphatic heterocycles. The van der Waals surface area contributed by atoms with Crippen LogP contribution in [0.4, 0.5) is 5.82 Å². The Bertz CT molecular complexity index is 401. The number of hydrogen-bond donors (Lipinski definition) is 2. The summed E-state index contributed by atoms with van der Waals surface area (Å²) in [5.74, 6) is -0.227. The van der Waals surface area contributed by atoms with Crippen LogP contribution in [0.3, 0.4) is 0 Å². The molecule has 1 rings (SSSR count). The van der Waals surface area contributed by atoms with Gasteiger partial charge in [-0.15, -0.1) is 0 Å². The van der Waals surface area contributed by atoms with Gasteiger partial charge in [-0.1, -0.05) is 27.2 Å². The number of hydrogen-bond acceptors (Lipinski definition) is 3. The smallest absolute Gasteiger partial charge is 0.335 e. The Hall–Kier alpha value is -1.58. The molecule has 0 saturated heterocycles. The van der Waals surface area contributed by atoms with Gasteiger partial charge in [0.25, 0.3) is 0 Å². The molecule has 4 heteroatoms. The minimum atomic E-state index is -0.901. The second-order valence-electron chi connectivity index (χ2n) is 4.45. The summed E-state index contributed by atoms with van der Waals surface area (Å²) in [7, 11) is 0. The topological polar surface area (TPSA) is 62.2 Å². The van der Waals surface area contributed by atoms with Crippen LogP contribution >= 0.6 is 0 Å². The second kappa shape index (κ2) is 6.99. The molecule has 4 nitrogen and oxygen atoms in total. The first-order chi connectivity index (χ1) is 8.60. The van der Waals surface area contributed by atoms with E-state index in [9.17, 15) is 4.79 Å². The van der Waals surface area contributed by atoms with Crippen molar-refractivity contribution in [1.29, 1.82) is 0 Å². The first-order valence-corrected chi connectivity index (χ1v) is 6.61. The summed E-state index contributed by atoms with van der Waals surface area (Å²) in [5.41, 5.74) is 1.15. The van der Waals surface area contributed by atoms with E-state index in [1.165, 1.54) is 0 Å². The summed E-state index contributed by atoms with van der Waals surface area (Å²) in [5, 5.41) is 12.4. The summed E-state index contributed by atoms with van der Waals surface area (Å²) in [6, 6.07) is 3.61. The maximum absolute atomic E-state index is 11.1. The number of nitrogens with zero attached hydrogens (tertiary/aromatic N) is 1. The normalized spacial score (nSPS) is 10.7. The molecule has 0 bridgehead atoms. The van der Waals surface area contributed by atoms with E-state index in [1.807, 2.05) is 0 Å². The highest BCUT2D eigenvalue weighted by atomic mass is 16.4. The first-order valence-electron chi connectivity index (χ1n) is 6.61. The SMILES string of the molecule is CCCc1cc(C(=O)O)cc(NC(CC)CC)n1. The highest BCUT2D eigenvalue weighted by Gasteiger charge is 2.10. The Morgan fingerprint density at radius 2 is 2.00 bits per heavy atom. The minimum absolute atomic E-state index is 0.307. The van der Waals surface area contributed by atoms with Crippen molar-refractivity contribution >= 4 is 11.8 Å². The van der Waals surface area contributed by atoms with Crippen LogP contribution in [0.2, 0.25) is 0 Å². The number of pyridine rings is 1. The van der Waals surface area contributed by atoms with Gasteiger partial charge in [0.15, 0.2) is 0 Å². The molecule has 0 amide bonds. The number of anilines is 1. The molecule has 0 aliphatic rings. The molecule has 1 aromatic heterocycles. The zero-order valence-corrected chi connectivity index (χ0v) is 11.4. The molecule has 0 fully saturated rings. The molecule has 0 saturated carbocycles. The molecule has 0 aromatic carbocycles. The maximum Gasteiger partial charge on any atom is 0.335 e. The lowest BCUT2D eigenvalue weighted by molar-refractivity contribution is 0.0696. The Kier molecular flexibility index (Phi) is 5.62. The number of rotatable bonds is 7. The van der Waals surface area contributed by atoms with Gasteiger partial charge < -0.3 is 10.4 Å². The van der Waals surface area contributed by atoms with E-state index in [0.717, 1.165) is 31.4 Å². The van der Waals surface area contributed by atoms with Gasteiger partial charge in [-0.25, -0.2) is 9.78 Å². The molecule has 2 N–H and O–H groups in total. The van der Waals surface area contributed by atoms with Gasteiger partial charge in [-0.05, 0) is 31.4 Å². The monoisotopic (exact) mass is 250 g/mol. The number of nitrogens with one attached hydrogen (secondary N) is 1. The van der Waals surface area contributed by atoms with E-state index >= 15 is 0 Å². The van der Waals surface area contributed by atoms with Crippen LogP contribution in [0.25, 0.3) is 0 Å². The van der Waals surface area contributed by atoms with Crippen molar-refractivity contribution in [3.63, 3.8) is 0 Å². The highest BCUT2D eigenvalue weighted by Crippen LogP contribution is 2.15. The fourth-order valence-electron chi connectivity index (χ4n) is 1.87. The number of aromatic nitrogens is 1. The largest absolute Gasteiger partial charge is 0.478 e. The van der Waals surface area contributed by atoms with Crippen LogP contribution in [0, 0.1) is 0 Å². The van der Waals surface area contributed by atoms with Crippen molar-refractivity contribution in [3.8, 4) is 0 Å². The molecule has 18 heavy (non-hydrogen) atoms. The lowest BCUT2D eigenvalue weighted by atomic mass is 10.1. The average molecular weight is 250 g/mol. The predicted molar refractivity (Wildman–Crippen MR) is 73.2 cm³/mol. The fraction of sp³-hybridized carbons (Fsp3) is 0.571. The molecule has 0 unspecified atom stereocenters.